The van der Waals surface area contributed by atoms with E-state index in [1.165, 1.54) is 7.05 Å². The minimum Gasteiger partial charge on any atom is -0.324 e. The lowest BCUT2D eigenvalue weighted by molar-refractivity contribution is -0.159. The van der Waals surface area contributed by atoms with Gasteiger partial charge in [-0.2, -0.15) is 0 Å². The Morgan fingerprint density at radius 1 is 1.32 bits per heavy atom. The Kier molecular flexibility index (Phi) is 5.26. The molecule has 0 aromatic heterocycles. The van der Waals surface area contributed by atoms with E-state index in [2.05, 4.69) is 0 Å². The van der Waals surface area contributed by atoms with E-state index in [-0.39, 0.29) is 6.42 Å². The van der Waals surface area contributed by atoms with Crippen molar-refractivity contribution in [3.8, 4) is 0 Å². The van der Waals surface area contributed by atoms with Gasteiger partial charge in [0, 0.05) is 19.4 Å². The summed E-state index contributed by atoms with van der Waals surface area (Å²) in [5, 5.41) is 9.48. The Balaban J connectivity index is 2.95. The zero-order valence-electron chi connectivity index (χ0n) is 10.9. The fourth-order valence-electron chi connectivity index (χ4n) is 1.76. The molecule has 0 aliphatic heterocycles. The molecule has 106 valence electrons. The van der Waals surface area contributed by atoms with Crippen molar-refractivity contribution in [3.63, 3.8) is 0 Å². The Hall–Kier alpha value is -1.20. The molecule has 3 N–H and O–H groups in total. The van der Waals surface area contributed by atoms with Gasteiger partial charge in [-0.15, -0.1) is 0 Å². The zero-order chi connectivity index (χ0) is 14.6. The average Bonchev–Trinajstić information content (AvgIpc) is 2.27. The van der Waals surface area contributed by atoms with Crippen LogP contribution in [0, 0.1) is 6.92 Å². The summed E-state index contributed by atoms with van der Waals surface area (Å²) in [5.41, 5.74) is 1.69. The molecule has 0 aliphatic rings. The van der Waals surface area contributed by atoms with Crippen molar-refractivity contribution >= 4 is 13.5 Å². The van der Waals surface area contributed by atoms with Crippen LogP contribution in [0.25, 0.3) is 0 Å². The molecule has 1 aromatic rings. The molecule has 0 saturated carbocycles. The quantitative estimate of drug-likeness (QED) is 0.433. The van der Waals surface area contributed by atoms with Crippen LogP contribution in [0.15, 0.2) is 24.3 Å². The molecule has 1 atom stereocenters. The lowest BCUT2D eigenvalue weighted by Gasteiger charge is -2.19. The summed E-state index contributed by atoms with van der Waals surface area (Å²) in [5.74, 6) is -1.21. The molecule has 0 unspecified atom stereocenters. The number of hydrogen-bond donors (Lipinski definition) is 3. The summed E-state index contributed by atoms with van der Waals surface area (Å²) < 4.78 is 11.1. The molecule has 0 fully saturated rings. The van der Waals surface area contributed by atoms with Crippen molar-refractivity contribution in [2.45, 2.75) is 19.3 Å². The highest BCUT2D eigenvalue weighted by Gasteiger charge is 2.26. The first-order valence-electron chi connectivity index (χ1n) is 5.75. The third-order valence-corrected chi connectivity index (χ3v) is 3.71. The molecule has 7 heteroatoms. The van der Waals surface area contributed by atoms with E-state index < -0.39 is 25.6 Å². The van der Waals surface area contributed by atoms with E-state index in [1.54, 1.807) is 12.1 Å². The van der Waals surface area contributed by atoms with E-state index in [0.717, 1.165) is 5.56 Å². The van der Waals surface area contributed by atoms with E-state index >= 15 is 0 Å². The second kappa shape index (κ2) is 6.30. The molecule has 19 heavy (non-hydrogen) atoms. The third kappa shape index (κ3) is 5.53. The fraction of sp³-hybridized carbons (Fsp3) is 0.417. The van der Waals surface area contributed by atoms with Crippen molar-refractivity contribution in [2.75, 3.05) is 13.2 Å². The van der Waals surface area contributed by atoms with Gasteiger partial charge in [-0.05, 0) is 12.5 Å². The van der Waals surface area contributed by atoms with Crippen molar-refractivity contribution < 1.29 is 24.4 Å². The number of hydroxylamine groups is 2. The van der Waals surface area contributed by atoms with Crippen molar-refractivity contribution in [2.24, 2.45) is 0 Å². The largest absolute Gasteiger partial charge is 0.326 e. The van der Waals surface area contributed by atoms with Gasteiger partial charge in [0.2, 0.25) is 5.91 Å². The smallest absolute Gasteiger partial charge is 0.324 e. The van der Waals surface area contributed by atoms with E-state index in [4.69, 9.17) is 15.0 Å². The minimum atomic E-state index is -4.24. The Labute approximate surface area is 111 Å². The van der Waals surface area contributed by atoms with Gasteiger partial charge in [-0.25, -0.2) is 5.06 Å². The monoisotopic (exact) mass is 287 g/mol. The summed E-state index contributed by atoms with van der Waals surface area (Å²) in [6.07, 6.45) is -0.573. The standard InChI is InChI=1S/C12H18NO5P/c1-9-3-5-10(6-4-9)11(8-19(16,17)18)7-12(14)13(2)15/h3-6,11,15H,7-8H2,1-2H3,(H2,16,17,18)/t11-/m0/s1. The second-order valence-corrected chi connectivity index (χ2v) is 6.27. The fourth-order valence-corrected chi connectivity index (χ4v) is 2.67. The highest BCUT2D eigenvalue weighted by Crippen LogP contribution is 2.41. The molecule has 0 saturated heterocycles. The number of carbonyl (C=O) groups is 1. The predicted molar refractivity (Wildman–Crippen MR) is 70.0 cm³/mol. The van der Waals surface area contributed by atoms with Gasteiger partial charge < -0.3 is 9.79 Å². The van der Waals surface area contributed by atoms with E-state index in [0.29, 0.717) is 10.6 Å². The third-order valence-electron chi connectivity index (χ3n) is 2.79. The molecule has 0 spiro atoms. The molecule has 0 radical (unpaired) electrons. The molecule has 1 rings (SSSR count). The Morgan fingerprint density at radius 3 is 2.26 bits per heavy atom. The van der Waals surface area contributed by atoms with Crippen LogP contribution >= 0.6 is 7.60 Å². The van der Waals surface area contributed by atoms with Gasteiger partial charge in [-0.3, -0.25) is 14.6 Å². The molecule has 1 aromatic carbocycles. The maximum Gasteiger partial charge on any atom is 0.326 e. The molecule has 0 aliphatic carbocycles. The van der Waals surface area contributed by atoms with Crippen molar-refractivity contribution in [1.29, 1.82) is 0 Å². The van der Waals surface area contributed by atoms with Gasteiger partial charge in [0.25, 0.3) is 0 Å². The van der Waals surface area contributed by atoms with Crippen LogP contribution in [-0.2, 0) is 9.36 Å². The molecule has 0 bridgehead atoms. The first kappa shape index (κ1) is 15.9. The first-order chi connectivity index (χ1) is 8.69. The number of rotatable bonds is 5. The van der Waals surface area contributed by atoms with Crippen LogP contribution in [0.3, 0.4) is 0 Å². The minimum absolute atomic E-state index is 0.152. The van der Waals surface area contributed by atoms with Gasteiger partial charge in [0.05, 0.1) is 6.16 Å². The van der Waals surface area contributed by atoms with Crippen LogP contribution in [0.5, 0.6) is 0 Å². The first-order valence-corrected chi connectivity index (χ1v) is 7.55. The van der Waals surface area contributed by atoms with E-state index in [1.807, 2.05) is 19.1 Å². The average molecular weight is 287 g/mol. The molecular weight excluding hydrogens is 269 g/mol. The SMILES string of the molecule is Cc1ccc([C@@H](CC(=O)N(C)O)CP(=O)(O)O)cc1. The second-order valence-electron chi connectivity index (χ2n) is 4.58. The summed E-state index contributed by atoms with van der Waals surface area (Å²) in [7, 11) is -3.05. The Morgan fingerprint density at radius 2 is 1.84 bits per heavy atom. The maximum absolute atomic E-state index is 11.5. The highest BCUT2D eigenvalue weighted by molar-refractivity contribution is 7.51. The Bertz CT molecular complexity index is 479. The molecular formula is C12H18NO5P. The zero-order valence-corrected chi connectivity index (χ0v) is 11.7. The summed E-state index contributed by atoms with van der Waals surface area (Å²) in [6.45, 7) is 1.90. The predicted octanol–water partition coefficient (Wildman–Crippen LogP) is 1.49. The van der Waals surface area contributed by atoms with Crippen LogP contribution < -0.4 is 0 Å². The van der Waals surface area contributed by atoms with Gasteiger partial charge in [0.1, 0.15) is 0 Å². The lowest BCUT2D eigenvalue weighted by Crippen LogP contribution is -2.25. The normalized spacial score (nSPS) is 13.1. The van der Waals surface area contributed by atoms with Crippen LogP contribution in [0.1, 0.15) is 23.5 Å². The van der Waals surface area contributed by atoms with Crippen LogP contribution in [0.2, 0.25) is 0 Å². The lowest BCUT2D eigenvalue weighted by atomic mass is 9.96. The van der Waals surface area contributed by atoms with Gasteiger partial charge in [-0.1, -0.05) is 29.8 Å². The number of amides is 1. The number of aryl methyl sites for hydroxylation is 1. The van der Waals surface area contributed by atoms with Gasteiger partial charge >= 0.3 is 7.60 Å². The number of carbonyl (C=O) groups excluding carboxylic acids is 1. The van der Waals surface area contributed by atoms with Crippen LogP contribution in [-0.4, -0.2) is 39.2 Å². The summed E-state index contributed by atoms with van der Waals surface area (Å²) >= 11 is 0. The number of nitrogens with zero attached hydrogens (tertiary/aromatic N) is 1. The maximum atomic E-state index is 11.5. The van der Waals surface area contributed by atoms with Crippen molar-refractivity contribution in [1.82, 2.24) is 5.06 Å². The van der Waals surface area contributed by atoms with E-state index in [9.17, 15) is 9.36 Å². The topological polar surface area (TPSA) is 98.1 Å². The number of hydrogen-bond acceptors (Lipinski definition) is 3. The molecule has 1 amide bonds. The highest BCUT2D eigenvalue weighted by atomic mass is 31.2. The summed E-state index contributed by atoms with van der Waals surface area (Å²) in [4.78, 5) is 29.7. The summed E-state index contributed by atoms with van der Waals surface area (Å²) in [6, 6.07) is 7.10. The number of benzene rings is 1. The van der Waals surface area contributed by atoms with Crippen molar-refractivity contribution in [3.05, 3.63) is 35.4 Å². The van der Waals surface area contributed by atoms with Crippen LogP contribution in [0.4, 0.5) is 0 Å². The molecule has 6 nitrogen and oxygen atoms in total. The molecule has 0 heterocycles. The van der Waals surface area contributed by atoms with Gasteiger partial charge in [0.15, 0.2) is 0 Å².